The highest BCUT2D eigenvalue weighted by atomic mass is 35.5. The maximum absolute atomic E-state index is 6.14. The lowest BCUT2D eigenvalue weighted by Crippen LogP contribution is -2.29. The van der Waals surface area contributed by atoms with E-state index in [1.54, 1.807) is 0 Å². The summed E-state index contributed by atoms with van der Waals surface area (Å²) in [6, 6.07) is 6.27. The molecular formula is C13H19ClN2O. The van der Waals surface area contributed by atoms with Gasteiger partial charge < -0.3 is 4.74 Å². The second kappa shape index (κ2) is 5.83. The fourth-order valence-electron chi connectivity index (χ4n) is 2.23. The average Bonchev–Trinajstić information content (AvgIpc) is 2.82. The number of hydrogen-bond acceptors (Lipinski definition) is 3. The number of benzene rings is 1. The number of ether oxygens (including phenoxy) is 1. The number of hydrogen-bond donors (Lipinski definition) is 2. The van der Waals surface area contributed by atoms with E-state index < -0.39 is 0 Å². The Morgan fingerprint density at radius 1 is 1.59 bits per heavy atom. The summed E-state index contributed by atoms with van der Waals surface area (Å²) < 4.78 is 5.39. The Morgan fingerprint density at radius 2 is 2.41 bits per heavy atom. The molecular weight excluding hydrogens is 236 g/mol. The standard InChI is InChI=1S/C13H19ClN2O/c1-9-2-3-11(7-12(9)14)13(16-15)6-10-4-5-17-8-10/h2-3,7,10,13,16H,4-6,8,15H2,1H3. The Kier molecular flexibility index (Phi) is 4.40. The van der Waals surface area contributed by atoms with E-state index in [1.165, 1.54) is 0 Å². The fourth-order valence-corrected chi connectivity index (χ4v) is 2.42. The second-order valence-electron chi connectivity index (χ2n) is 4.69. The molecule has 94 valence electrons. The number of nitrogens with two attached hydrogens (primary N) is 1. The Balaban J connectivity index is 2.08. The highest BCUT2D eigenvalue weighted by Gasteiger charge is 2.21. The zero-order valence-corrected chi connectivity index (χ0v) is 10.8. The molecule has 2 unspecified atom stereocenters. The zero-order valence-electron chi connectivity index (χ0n) is 10.1. The van der Waals surface area contributed by atoms with Crippen molar-refractivity contribution in [2.75, 3.05) is 13.2 Å². The summed E-state index contributed by atoms with van der Waals surface area (Å²) in [6.45, 7) is 3.72. The summed E-state index contributed by atoms with van der Waals surface area (Å²) in [6.07, 6.45) is 2.12. The van der Waals surface area contributed by atoms with Crippen molar-refractivity contribution in [3.8, 4) is 0 Å². The van der Waals surface area contributed by atoms with Crippen LogP contribution in [0.1, 0.15) is 30.0 Å². The molecule has 3 N–H and O–H groups in total. The van der Waals surface area contributed by atoms with Gasteiger partial charge in [-0.25, -0.2) is 0 Å². The van der Waals surface area contributed by atoms with E-state index in [9.17, 15) is 0 Å². The first-order valence-corrected chi connectivity index (χ1v) is 6.38. The van der Waals surface area contributed by atoms with Gasteiger partial charge in [-0.2, -0.15) is 0 Å². The highest BCUT2D eigenvalue weighted by Crippen LogP contribution is 2.28. The molecule has 0 aromatic heterocycles. The predicted octanol–water partition coefficient (Wildman–Crippen LogP) is 2.58. The molecule has 2 atom stereocenters. The molecule has 1 fully saturated rings. The maximum atomic E-state index is 6.14. The smallest absolute Gasteiger partial charge is 0.0495 e. The average molecular weight is 255 g/mol. The van der Waals surface area contributed by atoms with Gasteiger partial charge in [0.1, 0.15) is 0 Å². The molecule has 17 heavy (non-hydrogen) atoms. The topological polar surface area (TPSA) is 47.3 Å². The van der Waals surface area contributed by atoms with Crippen LogP contribution in [0, 0.1) is 12.8 Å². The van der Waals surface area contributed by atoms with Crippen molar-refractivity contribution < 1.29 is 4.74 Å². The molecule has 1 aliphatic rings. The van der Waals surface area contributed by atoms with Crippen LogP contribution in [-0.2, 0) is 4.74 Å². The molecule has 0 aliphatic carbocycles. The molecule has 0 bridgehead atoms. The van der Waals surface area contributed by atoms with Gasteiger partial charge in [-0.15, -0.1) is 0 Å². The van der Waals surface area contributed by atoms with Crippen LogP contribution in [0.25, 0.3) is 0 Å². The minimum atomic E-state index is 0.153. The van der Waals surface area contributed by atoms with Gasteiger partial charge in [-0.1, -0.05) is 23.7 Å². The lowest BCUT2D eigenvalue weighted by molar-refractivity contribution is 0.181. The Morgan fingerprint density at radius 3 is 3.00 bits per heavy atom. The molecule has 0 amide bonds. The van der Waals surface area contributed by atoms with E-state index in [2.05, 4.69) is 11.5 Å². The molecule has 0 saturated carbocycles. The van der Waals surface area contributed by atoms with Gasteiger partial charge in [0.05, 0.1) is 0 Å². The van der Waals surface area contributed by atoms with Gasteiger partial charge in [0, 0.05) is 24.3 Å². The van der Waals surface area contributed by atoms with Gasteiger partial charge in [0.15, 0.2) is 0 Å². The van der Waals surface area contributed by atoms with Gasteiger partial charge in [-0.05, 0) is 42.9 Å². The molecule has 1 aromatic carbocycles. The van der Waals surface area contributed by atoms with Crippen LogP contribution in [0.4, 0.5) is 0 Å². The summed E-state index contributed by atoms with van der Waals surface area (Å²) in [4.78, 5) is 0. The molecule has 1 heterocycles. The van der Waals surface area contributed by atoms with E-state index in [4.69, 9.17) is 22.2 Å². The molecule has 4 heteroatoms. The second-order valence-corrected chi connectivity index (χ2v) is 5.10. The van der Waals surface area contributed by atoms with E-state index in [0.717, 1.165) is 42.2 Å². The predicted molar refractivity (Wildman–Crippen MR) is 69.8 cm³/mol. The lowest BCUT2D eigenvalue weighted by Gasteiger charge is -2.20. The number of rotatable bonds is 4. The maximum Gasteiger partial charge on any atom is 0.0495 e. The lowest BCUT2D eigenvalue weighted by atomic mass is 9.94. The van der Waals surface area contributed by atoms with Crippen LogP contribution in [-0.4, -0.2) is 13.2 Å². The van der Waals surface area contributed by atoms with Gasteiger partial charge in [-0.3, -0.25) is 11.3 Å². The van der Waals surface area contributed by atoms with Crippen molar-refractivity contribution in [3.05, 3.63) is 34.3 Å². The van der Waals surface area contributed by atoms with Crippen LogP contribution in [0.3, 0.4) is 0 Å². The SMILES string of the molecule is Cc1ccc(C(CC2CCOC2)NN)cc1Cl. The number of halogens is 1. The Hall–Kier alpha value is -0.610. The van der Waals surface area contributed by atoms with E-state index in [-0.39, 0.29) is 6.04 Å². The minimum Gasteiger partial charge on any atom is -0.381 e. The third-order valence-electron chi connectivity index (χ3n) is 3.39. The van der Waals surface area contributed by atoms with Crippen LogP contribution in [0.2, 0.25) is 5.02 Å². The first-order valence-electron chi connectivity index (χ1n) is 6.00. The highest BCUT2D eigenvalue weighted by molar-refractivity contribution is 6.31. The van der Waals surface area contributed by atoms with Crippen LogP contribution >= 0.6 is 11.6 Å². The van der Waals surface area contributed by atoms with Crippen molar-refractivity contribution >= 4 is 11.6 Å². The number of aryl methyl sites for hydroxylation is 1. The third-order valence-corrected chi connectivity index (χ3v) is 3.80. The molecule has 0 radical (unpaired) electrons. The summed E-state index contributed by atoms with van der Waals surface area (Å²) in [7, 11) is 0. The van der Waals surface area contributed by atoms with E-state index >= 15 is 0 Å². The quantitative estimate of drug-likeness (QED) is 0.641. The summed E-state index contributed by atoms with van der Waals surface area (Å²) >= 11 is 6.14. The van der Waals surface area contributed by atoms with Gasteiger partial charge in [0.25, 0.3) is 0 Å². The van der Waals surface area contributed by atoms with Gasteiger partial charge in [0.2, 0.25) is 0 Å². The number of hydrazine groups is 1. The monoisotopic (exact) mass is 254 g/mol. The van der Waals surface area contributed by atoms with Crippen LogP contribution < -0.4 is 11.3 Å². The first kappa shape index (κ1) is 12.8. The molecule has 2 rings (SSSR count). The van der Waals surface area contributed by atoms with E-state index in [0.29, 0.717) is 5.92 Å². The molecule has 1 aromatic rings. The van der Waals surface area contributed by atoms with Gasteiger partial charge >= 0.3 is 0 Å². The molecule has 0 spiro atoms. The van der Waals surface area contributed by atoms with Crippen molar-refractivity contribution in [1.82, 2.24) is 5.43 Å². The summed E-state index contributed by atoms with van der Waals surface area (Å²) in [5.74, 6) is 6.23. The largest absolute Gasteiger partial charge is 0.381 e. The summed E-state index contributed by atoms with van der Waals surface area (Å²) in [5.41, 5.74) is 5.12. The van der Waals surface area contributed by atoms with Crippen LogP contribution in [0.5, 0.6) is 0 Å². The minimum absolute atomic E-state index is 0.153. The summed E-state index contributed by atoms with van der Waals surface area (Å²) in [5, 5.41) is 0.797. The molecule has 1 saturated heterocycles. The van der Waals surface area contributed by atoms with Crippen molar-refractivity contribution in [2.24, 2.45) is 11.8 Å². The first-order chi connectivity index (χ1) is 8.20. The van der Waals surface area contributed by atoms with Crippen molar-refractivity contribution in [2.45, 2.75) is 25.8 Å². The molecule has 3 nitrogen and oxygen atoms in total. The zero-order chi connectivity index (χ0) is 12.3. The van der Waals surface area contributed by atoms with E-state index in [1.807, 2.05) is 19.1 Å². The fraction of sp³-hybridized carbons (Fsp3) is 0.538. The van der Waals surface area contributed by atoms with Crippen LogP contribution in [0.15, 0.2) is 18.2 Å². The Labute approximate surface area is 107 Å². The third kappa shape index (κ3) is 3.19. The molecule has 1 aliphatic heterocycles. The van der Waals surface area contributed by atoms with Crippen molar-refractivity contribution in [1.29, 1.82) is 0 Å². The number of nitrogens with one attached hydrogen (secondary N) is 1. The Bertz CT molecular complexity index is 378. The normalized spacial score (nSPS) is 21.7. The van der Waals surface area contributed by atoms with Crippen molar-refractivity contribution in [3.63, 3.8) is 0 Å².